The van der Waals surface area contributed by atoms with E-state index < -0.39 is 17.6 Å². The Hall–Kier alpha value is -0.750. The van der Waals surface area contributed by atoms with Crippen LogP contribution in [0.4, 0.5) is 0 Å². The molecule has 5 nitrogen and oxygen atoms in total. The summed E-state index contributed by atoms with van der Waals surface area (Å²) in [5.41, 5.74) is -0.198. The van der Waals surface area contributed by atoms with E-state index >= 15 is 0 Å². The molecule has 0 aromatic carbocycles. The van der Waals surface area contributed by atoms with Crippen LogP contribution in [0.3, 0.4) is 0 Å². The Morgan fingerprint density at radius 2 is 2.07 bits per heavy atom. The summed E-state index contributed by atoms with van der Waals surface area (Å²) in [6, 6.07) is -0.100. The number of carbonyl (C=O) groups excluding carboxylic acids is 1. The number of hydrogen-bond acceptors (Lipinski definition) is 4. The Morgan fingerprint density at radius 1 is 1.33 bits per heavy atom. The molecule has 1 heterocycles. The highest BCUT2D eigenvalue weighted by atomic mass is 16.5. The Morgan fingerprint density at radius 3 is 2.78 bits per heavy atom. The zero-order chi connectivity index (χ0) is 19.1. The Labute approximate surface area is 160 Å². The van der Waals surface area contributed by atoms with Crippen molar-refractivity contribution in [2.45, 2.75) is 64.2 Å². The van der Waals surface area contributed by atoms with Crippen LogP contribution >= 0.6 is 0 Å². The van der Waals surface area contributed by atoms with E-state index in [2.05, 4.69) is 13.5 Å². The first-order chi connectivity index (χ1) is 12.7. The lowest BCUT2D eigenvalue weighted by atomic mass is 9.24. The van der Waals surface area contributed by atoms with E-state index in [0.717, 1.165) is 19.3 Å². The van der Waals surface area contributed by atoms with Crippen molar-refractivity contribution >= 4 is 5.78 Å². The average molecular weight is 373 g/mol. The number of quaternary nitrogens is 1. The maximum Gasteiger partial charge on any atom is 0.140 e. The number of ketones is 1. The third kappa shape index (κ3) is 1.47. The average Bonchev–Trinajstić information content (AvgIpc) is 2.81. The molecule has 7 rings (SSSR count). The summed E-state index contributed by atoms with van der Waals surface area (Å²) in [5, 5.41) is 36.6. The predicted molar refractivity (Wildman–Crippen MR) is 99.0 cm³/mol. The van der Waals surface area contributed by atoms with Crippen molar-refractivity contribution in [1.29, 1.82) is 0 Å². The van der Waals surface area contributed by atoms with Gasteiger partial charge in [0.15, 0.2) is 0 Å². The molecule has 1 saturated heterocycles. The first-order valence-corrected chi connectivity index (χ1v) is 10.8. The molecule has 1 aliphatic heterocycles. The molecule has 0 aromatic heterocycles. The second-order valence-corrected chi connectivity index (χ2v) is 11.1. The van der Waals surface area contributed by atoms with E-state index in [1.54, 1.807) is 0 Å². The molecule has 27 heavy (non-hydrogen) atoms. The highest BCUT2D eigenvalue weighted by molar-refractivity contribution is 5.87. The van der Waals surface area contributed by atoms with Crippen LogP contribution in [0.1, 0.15) is 46.0 Å². The zero-order valence-electron chi connectivity index (χ0n) is 16.4. The summed E-state index contributed by atoms with van der Waals surface area (Å²) in [4.78, 5) is 13.0. The van der Waals surface area contributed by atoms with Gasteiger partial charge in [0.25, 0.3) is 0 Å². The first-order valence-electron chi connectivity index (χ1n) is 10.8. The Bertz CT molecular complexity index is 780. The number of hydrogen-bond donors (Lipinski definition) is 2. The number of piperidine rings is 2. The van der Waals surface area contributed by atoms with Crippen molar-refractivity contribution in [2.24, 2.45) is 39.9 Å². The molecule has 5 heteroatoms. The maximum atomic E-state index is 14.0. The minimum absolute atomic E-state index is 0.0571. The molecule has 7 fully saturated rings. The standard InChI is InChI=1S/C22H31NO4/c1-4-23(27)10-20(3)6-5-16(25)22-15-7-14(24)12-8-21(15,19(26)11(12)2)9-13(17(20)22)18(22)23/h12-13,15-19,25-26H,2,4-10H2,1,3H3/t12-,13+,15+,16+,17-,18+,19-,20+,21+,22+,23+/m1/s1. The van der Waals surface area contributed by atoms with Crippen LogP contribution in [-0.4, -0.2) is 52.0 Å². The van der Waals surface area contributed by atoms with E-state index in [4.69, 9.17) is 0 Å². The second-order valence-electron chi connectivity index (χ2n) is 11.1. The van der Waals surface area contributed by atoms with E-state index in [1.807, 2.05) is 6.92 Å². The highest BCUT2D eigenvalue weighted by Gasteiger charge is 2.88. The number of carbonyl (C=O) groups is 1. The minimum atomic E-state index is -0.657. The molecular formula is C22H31NO4. The predicted octanol–water partition coefficient (Wildman–Crippen LogP) is 2.01. The monoisotopic (exact) mass is 373 g/mol. The molecule has 7 aliphatic rings. The van der Waals surface area contributed by atoms with Gasteiger partial charge in [-0.25, -0.2) is 0 Å². The SMILES string of the molecule is C=C1[C@H]2C[C@@]3(C[C@H]4[C@@H]5[C@@]6(C)CC[C@H](O)[C@]5([C@H]3CC2=O)[C@H]4[N@+]([O-])(CC)C6)[C@@H]1O. The third-order valence-electron chi connectivity index (χ3n) is 10.5. The van der Waals surface area contributed by atoms with Gasteiger partial charge in [0.05, 0.1) is 30.7 Å². The number of nitrogens with zero attached hydrogens (tertiary/aromatic N) is 1. The zero-order valence-corrected chi connectivity index (χ0v) is 16.4. The van der Waals surface area contributed by atoms with Crippen LogP contribution in [0, 0.1) is 45.1 Å². The number of aliphatic hydroxyl groups is 2. The van der Waals surface area contributed by atoms with Crippen molar-refractivity contribution in [1.82, 2.24) is 0 Å². The van der Waals surface area contributed by atoms with Crippen LogP contribution in [0.25, 0.3) is 0 Å². The van der Waals surface area contributed by atoms with E-state index in [9.17, 15) is 20.2 Å². The molecule has 0 radical (unpaired) electrons. The molecule has 11 atom stereocenters. The molecule has 7 bridgehead atoms. The molecule has 2 N–H and O–H groups in total. The molecule has 6 saturated carbocycles. The van der Waals surface area contributed by atoms with Gasteiger partial charge in [-0.05, 0) is 50.0 Å². The highest BCUT2D eigenvalue weighted by Crippen LogP contribution is 2.83. The summed E-state index contributed by atoms with van der Waals surface area (Å²) in [5.74, 6) is 0.481. The molecule has 0 amide bonds. The number of rotatable bonds is 1. The lowest BCUT2D eigenvalue weighted by Gasteiger charge is -2.85. The second kappa shape index (κ2) is 4.53. The van der Waals surface area contributed by atoms with Crippen molar-refractivity contribution in [3.63, 3.8) is 0 Å². The normalized spacial score (nSPS) is 65.6. The summed E-state index contributed by atoms with van der Waals surface area (Å²) >= 11 is 0. The number of hydroxylamine groups is 3. The van der Waals surface area contributed by atoms with E-state index in [0.29, 0.717) is 37.4 Å². The van der Waals surface area contributed by atoms with Gasteiger partial charge in [0.2, 0.25) is 0 Å². The van der Waals surface area contributed by atoms with Gasteiger partial charge in [-0.15, -0.1) is 0 Å². The van der Waals surface area contributed by atoms with Crippen molar-refractivity contribution in [2.75, 3.05) is 13.1 Å². The van der Waals surface area contributed by atoms with Crippen LogP contribution in [0.5, 0.6) is 0 Å². The van der Waals surface area contributed by atoms with Gasteiger partial charge < -0.3 is 20.1 Å². The Kier molecular flexibility index (Phi) is 2.88. The molecule has 0 unspecified atom stereocenters. The summed E-state index contributed by atoms with van der Waals surface area (Å²) in [6.45, 7) is 9.50. The summed E-state index contributed by atoms with van der Waals surface area (Å²) in [7, 11) is 0. The maximum absolute atomic E-state index is 14.0. The van der Waals surface area contributed by atoms with Gasteiger partial charge in [-0.3, -0.25) is 4.79 Å². The topological polar surface area (TPSA) is 80.6 Å². The third-order valence-corrected chi connectivity index (χ3v) is 10.5. The molecule has 0 aromatic rings. The van der Waals surface area contributed by atoms with Crippen molar-refractivity contribution < 1.29 is 19.7 Å². The van der Waals surface area contributed by atoms with Gasteiger partial charge in [-0.1, -0.05) is 13.5 Å². The van der Waals surface area contributed by atoms with Gasteiger partial charge in [0.1, 0.15) is 11.8 Å². The van der Waals surface area contributed by atoms with Crippen LogP contribution in [0.15, 0.2) is 12.2 Å². The smallest absolute Gasteiger partial charge is 0.140 e. The lowest BCUT2D eigenvalue weighted by Crippen LogP contribution is -2.91. The number of Topliss-reactive ketones (excluding diaryl/α,β-unsaturated/α-hetero) is 1. The fourth-order valence-corrected chi connectivity index (χ4v) is 10.1. The number of likely N-dealkylation sites (tertiary alicyclic amines) is 1. The summed E-state index contributed by atoms with van der Waals surface area (Å²) in [6.07, 6.45) is 2.38. The lowest BCUT2D eigenvalue weighted by molar-refractivity contribution is -0.956. The number of aliphatic hydroxyl groups excluding tert-OH is 2. The fraction of sp³-hybridized carbons (Fsp3) is 0.864. The first kappa shape index (κ1) is 17.1. The fourth-order valence-electron chi connectivity index (χ4n) is 10.1. The minimum Gasteiger partial charge on any atom is -0.633 e. The largest absolute Gasteiger partial charge is 0.633 e. The van der Waals surface area contributed by atoms with E-state index in [-0.39, 0.29) is 45.1 Å². The Balaban J connectivity index is 1.58. The van der Waals surface area contributed by atoms with Gasteiger partial charge in [0, 0.05) is 29.1 Å². The van der Waals surface area contributed by atoms with Crippen LogP contribution in [0.2, 0.25) is 0 Å². The summed E-state index contributed by atoms with van der Waals surface area (Å²) < 4.78 is -0.212. The molecular weight excluding hydrogens is 342 g/mol. The molecule has 2 spiro atoms. The molecule has 6 aliphatic carbocycles. The van der Waals surface area contributed by atoms with Crippen molar-refractivity contribution in [3.8, 4) is 0 Å². The van der Waals surface area contributed by atoms with Gasteiger partial charge in [-0.2, -0.15) is 0 Å². The van der Waals surface area contributed by atoms with Crippen LogP contribution in [-0.2, 0) is 4.79 Å². The number of fused-ring (bicyclic) bond motifs is 1. The van der Waals surface area contributed by atoms with Crippen molar-refractivity contribution in [3.05, 3.63) is 17.4 Å². The van der Waals surface area contributed by atoms with Crippen LogP contribution < -0.4 is 0 Å². The van der Waals surface area contributed by atoms with E-state index in [1.165, 1.54) is 0 Å². The molecule has 148 valence electrons. The quantitative estimate of drug-likeness (QED) is 0.419. The van der Waals surface area contributed by atoms with Gasteiger partial charge >= 0.3 is 0 Å².